The van der Waals surface area contributed by atoms with Gasteiger partial charge in [0, 0.05) is 17.5 Å². The maximum Gasteiger partial charge on any atom is 0.233 e. The van der Waals surface area contributed by atoms with E-state index in [1.165, 1.54) is 18.7 Å². The van der Waals surface area contributed by atoms with Gasteiger partial charge in [-0.15, -0.1) is 11.8 Å². The Morgan fingerprint density at radius 3 is 2.26 bits per heavy atom. The zero-order valence-corrected chi connectivity index (χ0v) is 19.8. The molecule has 7 heteroatoms. The maximum atomic E-state index is 12.7. The molecule has 0 radical (unpaired) electrons. The largest absolute Gasteiger partial charge is 0.493 e. The first kappa shape index (κ1) is 24.6. The van der Waals surface area contributed by atoms with Gasteiger partial charge in [-0.05, 0) is 61.7 Å². The van der Waals surface area contributed by atoms with Crippen molar-refractivity contribution in [1.29, 1.82) is 0 Å². The normalized spacial score (nSPS) is 12.7. The summed E-state index contributed by atoms with van der Waals surface area (Å²) in [5, 5.41) is 5.52. The molecule has 2 rings (SSSR count). The van der Waals surface area contributed by atoms with E-state index in [-0.39, 0.29) is 23.1 Å². The fourth-order valence-corrected chi connectivity index (χ4v) is 3.70. The van der Waals surface area contributed by atoms with E-state index < -0.39 is 0 Å². The Morgan fingerprint density at radius 1 is 1.00 bits per heavy atom. The monoisotopic (exact) mass is 444 g/mol. The highest BCUT2D eigenvalue weighted by Gasteiger charge is 2.18. The Labute approximate surface area is 189 Å². The quantitative estimate of drug-likeness (QED) is 0.502. The molecule has 0 aromatic heterocycles. The summed E-state index contributed by atoms with van der Waals surface area (Å²) in [6.45, 7) is 10.1. The number of methoxy groups -OCH3 is 1. The number of benzene rings is 2. The van der Waals surface area contributed by atoms with E-state index >= 15 is 0 Å². The molecule has 0 saturated heterocycles. The van der Waals surface area contributed by atoms with Crippen LogP contribution < -0.4 is 20.1 Å². The molecule has 2 aromatic carbocycles. The second-order valence-corrected chi connectivity index (χ2v) is 9.23. The lowest BCUT2D eigenvalue weighted by atomic mass is 10.1. The van der Waals surface area contributed by atoms with Gasteiger partial charge >= 0.3 is 0 Å². The molecule has 6 nitrogen and oxygen atoms in total. The number of ether oxygens (including phenoxy) is 2. The van der Waals surface area contributed by atoms with Gasteiger partial charge < -0.3 is 20.1 Å². The molecule has 31 heavy (non-hydrogen) atoms. The molecule has 0 spiro atoms. The number of nitrogens with one attached hydrogen (secondary N) is 2. The number of amides is 2. The molecule has 2 N–H and O–H groups in total. The summed E-state index contributed by atoms with van der Waals surface area (Å²) < 4.78 is 11.3. The molecule has 0 fully saturated rings. The number of rotatable bonds is 10. The van der Waals surface area contributed by atoms with Crippen molar-refractivity contribution >= 4 is 29.3 Å². The van der Waals surface area contributed by atoms with Crippen molar-refractivity contribution in [2.24, 2.45) is 5.92 Å². The first-order chi connectivity index (χ1) is 14.7. The molecule has 0 heterocycles. The first-order valence-electron chi connectivity index (χ1n) is 10.3. The van der Waals surface area contributed by atoms with Crippen molar-refractivity contribution in [3.63, 3.8) is 0 Å². The van der Waals surface area contributed by atoms with Gasteiger partial charge in [0.1, 0.15) is 0 Å². The average Bonchev–Trinajstić information content (AvgIpc) is 2.72. The molecule has 0 aliphatic heterocycles. The SMILES string of the molecule is COc1cc(C(C)NC(=O)C(C)Sc2ccc(NC(C)=O)cc2)ccc1OCC(C)C. The lowest BCUT2D eigenvalue weighted by Crippen LogP contribution is -2.33. The predicted molar refractivity (Wildman–Crippen MR) is 126 cm³/mol. The van der Waals surface area contributed by atoms with Crippen molar-refractivity contribution in [3.8, 4) is 11.5 Å². The standard InChI is InChI=1S/C24H32N2O4S/c1-15(2)14-30-22-12-7-19(13-23(22)29-6)16(3)25-24(28)17(4)31-21-10-8-20(9-11-21)26-18(5)27/h7-13,15-17H,14H2,1-6H3,(H,25,28)(H,26,27). The number of anilines is 1. The Balaban J connectivity index is 1.96. The van der Waals surface area contributed by atoms with Crippen LogP contribution in [-0.2, 0) is 9.59 Å². The molecule has 0 bridgehead atoms. The minimum absolute atomic E-state index is 0.0532. The summed E-state index contributed by atoms with van der Waals surface area (Å²) >= 11 is 1.47. The number of hydrogen-bond donors (Lipinski definition) is 2. The van der Waals surface area contributed by atoms with Gasteiger partial charge in [0.05, 0.1) is 25.0 Å². The maximum absolute atomic E-state index is 12.7. The van der Waals surface area contributed by atoms with Crippen LogP contribution in [-0.4, -0.2) is 30.8 Å². The Hall–Kier alpha value is -2.67. The zero-order chi connectivity index (χ0) is 23.0. The number of carbonyl (C=O) groups excluding carboxylic acids is 2. The van der Waals surface area contributed by atoms with Crippen LogP contribution in [0.2, 0.25) is 0 Å². The highest BCUT2D eigenvalue weighted by molar-refractivity contribution is 8.00. The third kappa shape index (κ3) is 7.83. The third-order valence-corrected chi connectivity index (χ3v) is 5.59. The number of hydrogen-bond acceptors (Lipinski definition) is 5. The van der Waals surface area contributed by atoms with E-state index in [0.29, 0.717) is 24.0 Å². The van der Waals surface area contributed by atoms with Crippen LogP contribution in [0.15, 0.2) is 47.4 Å². The zero-order valence-electron chi connectivity index (χ0n) is 19.0. The van der Waals surface area contributed by atoms with Gasteiger partial charge in [0.2, 0.25) is 11.8 Å². The van der Waals surface area contributed by atoms with Gasteiger partial charge in [-0.25, -0.2) is 0 Å². The summed E-state index contributed by atoms with van der Waals surface area (Å²) in [6, 6.07) is 13.0. The van der Waals surface area contributed by atoms with Crippen molar-refractivity contribution in [2.75, 3.05) is 19.0 Å². The molecule has 2 atom stereocenters. The van der Waals surface area contributed by atoms with Crippen LogP contribution in [0.25, 0.3) is 0 Å². The second-order valence-electron chi connectivity index (χ2n) is 7.81. The average molecular weight is 445 g/mol. The Morgan fingerprint density at radius 2 is 1.68 bits per heavy atom. The van der Waals surface area contributed by atoms with Gasteiger partial charge in [0.25, 0.3) is 0 Å². The molecule has 2 amide bonds. The predicted octanol–water partition coefficient (Wildman–Crippen LogP) is 5.05. The van der Waals surface area contributed by atoms with E-state index in [0.717, 1.165) is 16.1 Å². The lowest BCUT2D eigenvalue weighted by molar-refractivity contribution is -0.121. The van der Waals surface area contributed by atoms with Crippen molar-refractivity contribution in [1.82, 2.24) is 5.32 Å². The summed E-state index contributed by atoms with van der Waals surface area (Å²) in [5.41, 5.74) is 1.68. The fraction of sp³-hybridized carbons (Fsp3) is 0.417. The third-order valence-electron chi connectivity index (χ3n) is 4.48. The van der Waals surface area contributed by atoms with Gasteiger partial charge in [-0.3, -0.25) is 9.59 Å². The number of thioether (sulfide) groups is 1. The van der Waals surface area contributed by atoms with Crippen LogP contribution in [0.5, 0.6) is 11.5 Å². The fourth-order valence-electron chi connectivity index (χ4n) is 2.82. The minimum atomic E-state index is -0.274. The van der Waals surface area contributed by atoms with Gasteiger partial charge in [-0.2, -0.15) is 0 Å². The van der Waals surface area contributed by atoms with Crippen LogP contribution in [0, 0.1) is 5.92 Å². The van der Waals surface area contributed by atoms with E-state index in [9.17, 15) is 9.59 Å². The van der Waals surface area contributed by atoms with Crippen molar-refractivity contribution < 1.29 is 19.1 Å². The summed E-state index contributed by atoms with van der Waals surface area (Å²) in [6.07, 6.45) is 0. The second kappa shape index (κ2) is 11.6. The molecular weight excluding hydrogens is 412 g/mol. The number of carbonyl (C=O) groups is 2. The summed E-state index contributed by atoms with van der Waals surface area (Å²) in [7, 11) is 1.61. The summed E-state index contributed by atoms with van der Waals surface area (Å²) in [5.74, 6) is 1.61. The van der Waals surface area contributed by atoms with E-state index in [1.54, 1.807) is 7.11 Å². The molecule has 0 aliphatic carbocycles. The summed E-state index contributed by atoms with van der Waals surface area (Å²) in [4.78, 5) is 24.8. The molecule has 2 aromatic rings. The Kier molecular flexibility index (Phi) is 9.24. The van der Waals surface area contributed by atoms with E-state index in [2.05, 4.69) is 24.5 Å². The topological polar surface area (TPSA) is 76.7 Å². The minimum Gasteiger partial charge on any atom is -0.493 e. The highest BCUT2D eigenvalue weighted by Crippen LogP contribution is 2.31. The first-order valence-corrected chi connectivity index (χ1v) is 11.2. The smallest absolute Gasteiger partial charge is 0.233 e. The van der Waals surface area contributed by atoms with Gasteiger partial charge in [0.15, 0.2) is 11.5 Å². The lowest BCUT2D eigenvalue weighted by Gasteiger charge is -2.19. The van der Waals surface area contributed by atoms with Crippen LogP contribution in [0.1, 0.15) is 46.2 Å². The molecule has 2 unspecified atom stereocenters. The highest BCUT2D eigenvalue weighted by atomic mass is 32.2. The van der Waals surface area contributed by atoms with Gasteiger partial charge in [-0.1, -0.05) is 19.9 Å². The van der Waals surface area contributed by atoms with E-state index in [1.807, 2.05) is 56.3 Å². The van der Waals surface area contributed by atoms with Crippen LogP contribution in [0.4, 0.5) is 5.69 Å². The van der Waals surface area contributed by atoms with E-state index in [4.69, 9.17) is 9.47 Å². The molecule has 0 aliphatic rings. The van der Waals surface area contributed by atoms with Crippen LogP contribution >= 0.6 is 11.8 Å². The van der Waals surface area contributed by atoms with Crippen molar-refractivity contribution in [2.45, 2.75) is 50.8 Å². The van der Waals surface area contributed by atoms with Crippen LogP contribution in [0.3, 0.4) is 0 Å². The molecular formula is C24H32N2O4S. The van der Waals surface area contributed by atoms with Crippen molar-refractivity contribution in [3.05, 3.63) is 48.0 Å². The molecule has 0 saturated carbocycles. The molecule has 168 valence electrons. The Bertz CT molecular complexity index is 884.